The maximum atomic E-state index is 13.5. The summed E-state index contributed by atoms with van der Waals surface area (Å²) in [5, 5.41) is 0.212. The Bertz CT molecular complexity index is 583. The fourth-order valence-corrected chi connectivity index (χ4v) is 1.69. The fourth-order valence-electron chi connectivity index (χ4n) is 1.51. The lowest BCUT2D eigenvalue weighted by atomic mass is 10.0. The van der Waals surface area contributed by atoms with Gasteiger partial charge in [0.05, 0.1) is 5.56 Å². The molecule has 1 aromatic heterocycles. The number of rotatable bonds is 2. The van der Waals surface area contributed by atoms with Crippen molar-refractivity contribution in [1.82, 2.24) is 4.98 Å². The molecule has 0 fully saturated rings. The van der Waals surface area contributed by atoms with E-state index in [4.69, 9.17) is 11.6 Å². The molecule has 0 aliphatic heterocycles. The Kier molecular flexibility index (Phi) is 3.20. The molecule has 1 aromatic carbocycles. The summed E-state index contributed by atoms with van der Waals surface area (Å²) in [5.74, 6) is -0.927. The maximum Gasteiger partial charge on any atom is 0.196 e. The van der Waals surface area contributed by atoms with Crippen LogP contribution in [0.1, 0.15) is 21.5 Å². The van der Waals surface area contributed by atoms with E-state index in [9.17, 15) is 9.18 Å². The third kappa shape index (κ3) is 2.50. The van der Waals surface area contributed by atoms with E-state index < -0.39 is 11.6 Å². The molecule has 2 nitrogen and oxygen atoms in total. The number of hydrogen-bond acceptors (Lipinski definition) is 2. The molecule has 0 radical (unpaired) electrons. The minimum absolute atomic E-state index is 0.0484. The molecule has 2 aromatic rings. The van der Waals surface area contributed by atoms with Crippen LogP contribution >= 0.6 is 11.6 Å². The number of halogens is 2. The van der Waals surface area contributed by atoms with Gasteiger partial charge in [-0.1, -0.05) is 23.2 Å². The molecule has 0 aliphatic carbocycles. The average molecular weight is 250 g/mol. The molecule has 0 saturated carbocycles. The number of benzene rings is 1. The lowest BCUT2D eigenvalue weighted by Gasteiger charge is -2.04. The van der Waals surface area contributed by atoms with Gasteiger partial charge in [0.2, 0.25) is 0 Å². The molecule has 17 heavy (non-hydrogen) atoms. The van der Waals surface area contributed by atoms with Gasteiger partial charge in [-0.15, -0.1) is 0 Å². The topological polar surface area (TPSA) is 30.0 Å². The summed E-state index contributed by atoms with van der Waals surface area (Å²) >= 11 is 5.69. The van der Waals surface area contributed by atoms with E-state index in [0.717, 1.165) is 5.56 Å². The van der Waals surface area contributed by atoms with Crippen molar-refractivity contribution in [2.75, 3.05) is 0 Å². The van der Waals surface area contributed by atoms with Gasteiger partial charge in [-0.25, -0.2) is 9.37 Å². The number of carbonyl (C=O) groups excluding carboxylic acids is 1. The van der Waals surface area contributed by atoms with Crippen LogP contribution in [0.4, 0.5) is 4.39 Å². The van der Waals surface area contributed by atoms with Gasteiger partial charge in [-0.2, -0.15) is 0 Å². The number of nitrogens with zero attached hydrogens (tertiary/aromatic N) is 1. The molecule has 0 amide bonds. The van der Waals surface area contributed by atoms with Crippen LogP contribution in [-0.4, -0.2) is 10.8 Å². The third-order valence-corrected chi connectivity index (χ3v) is 2.56. The molecule has 4 heteroatoms. The van der Waals surface area contributed by atoms with Gasteiger partial charge in [-0.05, 0) is 31.2 Å². The van der Waals surface area contributed by atoms with Gasteiger partial charge in [0.15, 0.2) is 5.78 Å². The Morgan fingerprint density at radius 2 is 2.06 bits per heavy atom. The van der Waals surface area contributed by atoms with Crippen molar-refractivity contribution in [1.29, 1.82) is 0 Å². The largest absolute Gasteiger partial charge is 0.288 e. The Labute approximate surface area is 103 Å². The van der Waals surface area contributed by atoms with E-state index in [1.54, 1.807) is 13.0 Å². The Balaban J connectivity index is 2.47. The summed E-state index contributed by atoms with van der Waals surface area (Å²) in [7, 11) is 0. The van der Waals surface area contributed by atoms with E-state index >= 15 is 0 Å². The molecule has 86 valence electrons. The normalized spacial score (nSPS) is 10.3. The minimum Gasteiger partial charge on any atom is -0.288 e. The lowest BCUT2D eigenvalue weighted by molar-refractivity contribution is 0.103. The second kappa shape index (κ2) is 4.63. The van der Waals surface area contributed by atoms with Crippen molar-refractivity contribution >= 4 is 17.4 Å². The summed E-state index contributed by atoms with van der Waals surface area (Å²) < 4.78 is 13.5. The zero-order valence-corrected chi connectivity index (χ0v) is 9.83. The molecule has 0 spiro atoms. The Morgan fingerprint density at radius 3 is 2.76 bits per heavy atom. The number of hydrogen-bond donors (Lipinski definition) is 0. The average Bonchev–Trinajstić information content (AvgIpc) is 2.31. The molecule has 0 N–H and O–H groups in total. The maximum absolute atomic E-state index is 13.5. The van der Waals surface area contributed by atoms with Crippen LogP contribution in [0, 0.1) is 12.7 Å². The van der Waals surface area contributed by atoms with E-state index in [-0.39, 0.29) is 10.7 Å². The lowest BCUT2D eigenvalue weighted by Crippen LogP contribution is -2.05. The van der Waals surface area contributed by atoms with Gasteiger partial charge < -0.3 is 0 Å². The smallest absolute Gasteiger partial charge is 0.196 e. The van der Waals surface area contributed by atoms with Crippen molar-refractivity contribution < 1.29 is 9.18 Å². The zero-order valence-electron chi connectivity index (χ0n) is 9.08. The highest BCUT2D eigenvalue weighted by atomic mass is 35.5. The van der Waals surface area contributed by atoms with Crippen molar-refractivity contribution in [3.8, 4) is 0 Å². The highest BCUT2D eigenvalue weighted by Crippen LogP contribution is 2.16. The first-order valence-electron chi connectivity index (χ1n) is 5.00. The third-order valence-electron chi connectivity index (χ3n) is 2.36. The van der Waals surface area contributed by atoms with Crippen LogP contribution in [-0.2, 0) is 0 Å². The van der Waals surface area contributed by atoms with Crippen LogP contribution in [0.5, 0.6) is 0 Å². The number of pyridine rings is 1. The summed E-state index contributed by atoms with van der Waals surface area (Å²) in [5.41, 5.74) is 1.21. The molecule has 1 heterocycles. The predicted molar refractivity (Wildman–Crippen MR) is 63.8 cm³/mol. The second-order valence-electron chi connectivity index (χ2n) is 3.68. The number of ketones is 1. The van der Waals surface area contributed by atoms with Crippen LogP contribution in [0.15, 0.2) is 36.5 Å². The summed E-state index contributed by atoms with van der Waals surface area (Å²) in [4.78, 5) is 15.8. The van der Waals surface area contributed by atoms with Crippen molar-refractivity contribution in [2.24, 2.45) is 0 Å². The van der Waals surface area contributed by atoms with Gasteiger partial charge in [0, 0.05) is 11.8 Å². The molecule has 2 rings (SSSR count). The highest BCUT2D eigenvalue weighted by molar-refractivity contribution is 6.30. The van der Waals surface area contributed by atoms with Gasteiger partial charge in [-0.3, -0.25) is 4.79 Å². The quantitative estimate of drug-likeness (QED) is 0.603. The van der Waals surface area contributed by atoms with Crippen LogP contribution in [0.25, 0.3) is 0 Å². The monoisotopic (exact) mass is 249 g/mol. The molecule has 0 bridgehead atoms. The summed E-state index contributed by atoms with van der Waals surface area (Å²) in [6, 6.07) is 7.35. The van der Waals surface area contributed by atoms with Crippen molar-refractivity contribution in [3.05, 3.63) is 64.2 Å². The number of aryl methyl sites for hydroxylation is 1. The number of carbonyl (C=O) groups is 1. The molecule has 0 atom stereocenters. The minimum atomic E-state index is -0.534. The Hall–Kier alpha value is -1.74. The summed E-state index contributed by atoms with van der Waals surface area (Å²) in [6.07, 6.45) is 1.42. The van der Waals surface area contributed by atoms with Crippen LogP contribution < -0.4 is 0 Å². The van der Waals surface area contributed by atoms with E-state index in [1.807, 2.05) is 0 Å². The molecule has 0 saturated heterocycles. The van der Waals surface area contributed by atoms with E-state index in [2.05, 4.69) is 4.98 Å². The summed E-state index contributed by atoms with van der Waals surface area (Å²) in [6.45, 7) is 1.80. The fraction of sp³-hybridized carbons (Fsp3) is 0.0769. The van der Waals surface area contributed by atoms with Crippen LogP contribution in [0.2, 0.25) is 5.15 Å². The molecule has 0 aliphatic rings. The first-order valence-corrected chi connectivity index (χ1v) is 5.38. The molecular weight excluding hydrogens is 241 g/mol. The van der Waals surface area contributed by atoms with Crippen molar-refractivity contribution in [3.63, 3.8) is 0 Å². The van der Waals surface area contributed by atoms with Gasteiger partial charge in [0.1, 0.15) is 11.0 Å². The van der Waals surface area contributed by atoms with Gasteiger partial charge >= 0.3 is 0 Å². The van der Waals surface area contributed by atoms with E-state index in [0.29, 0.717) is 5.56 Å². The SMILES string of the molecule is Cc1ccc(F)c(C(=O)c2ccnc(Cl)c2)c1. The molecular formula is C13H9ClFNO. The number of aromatic nitrogens is 1. The first-order chi connectivity index (χ1) is 8.08. The second-order valence-corrected chi connectivity index (χ2v) is 4.07. The Morgan fingerprint density at radius 1 is 1.29 bits per heavy atom. The van der Waals surface area contributed by atoms with Crippen LogP contribution in [0.3, 0.4) is 0 Å². The van der Waals surface area contributed by atoms with Gasteiger partial charge in [0.25, 0.3) is 0 Å². The van der Waals surface area contributed by atoms with E-state index in [1.165, 1.54) is 30.5 Å². The standard InChI is InChI=1S/C13H9ClFNO/c1-8-2-3-11(15)10(6-8)13(17)9-4-5-16-12(14)7-9/h2-7H,1H3. The predicted octanol–water partition coefficient (Wildman–Crippen LogP) is 3.41. The highest BCUT2D eigenvalue weighted by Gasteiger charge is 2.14. The van der Waals surface area contributed by atoms with Crippen molar-refractivity contribution in [2.45, 2.75) is 6.92 Å². The zero-order chi connectivity index (χ0) is 12.4. The first kappa shape index (κ1) is 11.7. The molecule has 0 unspecified atom stereocenters.